The number of likely N-dealkylation sites (tertiary alicyclic amines) is 2. The molecule has 1 amide bonds. The molecule has 2 aromatic rings. The van der Waals surface area contributed by atoms with Crippen LogP contribution in [0.4, 0.5) is 0 Å². The quantitative estimate of drug-likeness (QED) is 0.846. The zero-order valence-electron chi connectivity index (χ0n) is 13.4. The number of nitrogens with zero attached hydrogens (tertiary/aromatic N) is 2. The third-order valence-electron chi connectivity index (χ3n) is 5.71. The molecule has 2 aliphatic heterocycles. The van der Waals surface area contributed by atoms with Crippen LogP contribution in [0.25, 0.3) is 0 Å². The van der Waals surface area contributed by atoms with E-state index in [1.54, 1.807) is 11.3 Å². The maximum atomic E-state index is 12.7. The maximum absolute atomic E-state index is 12.7. The second kappa shape index (κ2) is 5.77. The van der Waals surface area contributed by atoms with Crippen molar-refractivity contribution in [3.8, 4) is 0 Å². The predicted octanol–water partition coefficient (Wildman–Crippen LogP) is 3.24. The molecular weight excluding hydrogens is 304 g/mol. The summed E-state index contributed by atoms with van der Waals surface area (Å²) in [5.41, 5.74) is 2.49. The molecule has 0 aliphatic carbocycles. The highest BCUT2D eigenvalue weighted by molar-refractivity contribution is 7.08. The van der Waals surface area contributed by atoms with E-state index in [2.05, 4.69) is 47.2 Å². The lowest BCUT2D eigenvalue weighted by Crippen LogP contribution is -2.56. The van der Waals surface area contributed by atoms with Gasteiger partial charge in [0.25, 0.3) is 5.91 Å². The van der Waals surface area contributed by atoms with Gasteiger partial charge in [-0.05, 0) is 43.4 Å². The standard InChI is InChI=1S/C19H22N2OS/c1-20-10-8-19(16-5-3-2-4-6-16)9-11-21(13-17(19)20)18(22)15-7-12-23-14-15/h2-7,12,14,17H,8-11,13H2,1H3. The zero-order valence-corrected chi connectivity index (χ0v) is 14.3. The number of rotatable bonds is 2. The van der Waals surface area contributed by atoms with E-state index >= 15 is 0 Å². The van der Waals surface area contributed by atoms with Gasteiger partial charge < -0.3 is 9.80 Å². The molecule has 3 nitrogen and oxygen atoms in total. The first kappa shape index (κ1) is 14.9. The lowest BCUT2D eigenvalue weighted by atomic mass is 9.69. The van der Waals surface area contributed by atoms with E-state index in [0.29, 0.717) is 6.04 Å². The van der Waals surface area contributed by atoms with Crippen molar-refractivity contribution in [1.29, 1.82) is 0 Å². The summed E-state index contributed by atoms with van der Waals surface area (Å²) in [4.78, 5) is 17.2. The average Bonchev–Trinajstić information content (AvgIpc) is 3.24. The largest absolute Gasteiger partial charge is 0.337 e. The number of hydrogen-bond donors (Lipinski definition) is 0. The van der Waals surface area contributed by atoms with Crippen LogP contribution >= 0.6 is 11.3 Å². The van der Waals surface area contributed by atoms with Gasteiger partial charge in [-0.2, -0.15) is 11.3 Å². The molecule has 0 saturated carbocycles. The second-order valence-corrected chi connectivity index (χ2v) is 7.56. The van der Waals surface area contributed by atoms with Crippen LogP contribution in [0.5, 0.6) is 0 Å². The lowest BCUT2D eigenvalue weighted by Gasteiger charge is -2.46. The summed E-state index contributed by atoms with van der Waals surface area (Å²) < 4.78 is 0. The second-order valence-electron chi connectivity index (χ2n) is 6.78. The summed E-state index contributed by atoms with van der Waals surface area (Å²) in [6, 6.07) is 13.3. The Bertz CT molecular complexity index is 685. The molecule has 4 rings (SSSR count). The molecule has 0 radical (unpaired) electrons. The van der Waals surface area contributed by atoms with Gasteiger partial charge in [-0.25, -0.2) is 0 Å². The van der Waals surface area contributed by atoms with Gasteiger partial charge in [0, 0.05) is 29.9 Å². The molecule has 3 heterocycles. The normalized spacial score (nSPS) is 27.9. The molecule has 0 spiro atoms. The Hall–Kier alpha value is -1.65. The van der Waals surface area contributed by atoms with Crippen LogP contribution in [0.3, 0.4) is 0 Å². The van der Waals surface area contributed by atoms with Crippen molar-refractivity contribution in [2.75, 3.05) is 26.7 Å². The number of carbonyl (C=O) groups excluding carboxylic acids is 1. The monoisotopic (exact) mass is 326 g/mol. The van der Waals surface area contributed by atoms with Gasteiger partial charge in [-0.1, -0.05) is 30.3 Å². The first-order valence-corrected chi connectivity index (χ1v) is 9.22. The van der Waals surface area contributed by atoms with Crippen molar-refractivity contribution < 1.29 is 4.79 Å². The highest BCUT2D eigenvalue weighted by atomic mass is 32.1. The number of piperidine rings is 1. The Balaban J connectivity index is 1.62. The summed E-state index contributed by atoms with van der Waals surface area (Å²) >= 11 is 1.59. The summed E-state index contributed by atoms with van der Waals surface area (Å²) in [6.45, 7) is 2.80. The van der Waals surface area contributed by atoms with Crippen LogP contribution < -0.4 is 0 Å². The molecule has 0 bridgehead atoms. The number of thiophene rings is 1. The van der Waals surface area contributed by atoms with Gasteiger partial charge in [0.05, 0.1) is 5.56 Å². The average molecular weight is 326 g/mol. The maximum Gasteiger partial charge on any atom is 0.254 e. The molecule has 2 unspecified atom stereocenters. The fourth-order valence-electron chi connectivity index (χ4n) is 4.36. The topological polar surface area (TPSA) is 23.6 Å². The first-order valence-electron chi connectivity index (χ1n) is 8.28. The van der Waals surface area contributed by atoms with Gasteiger partial charge in [0.15, 0.2) is 0 Å². The number of benzene rings is 1. The SMILES string of the molecule is CN1CCC2(c3ccccc3)CCN(C(=O)c3ccsc3)CC12. The van der Waals surface area contributed by atoms with E-state index < -0.39 is 0 Å². The fourth-order valence-corrected chi connectivity index (χ4v) is 4.99. The van der Waals surface area contributed by atoms with E-state index in [4.69, 9.17) is 0 Å². The van der Waals surface area contributed by atoms with Crippen LogP contribution in [0.15, 0.2) is 47.2 Å². The molecule has 2 saturated heterocycles. The van der Waals surface area contributed by atoms with E-state index in [-0.39, 0.29) is 11.3 Å². The van der Waals surface area contributed by atoms with Gasteiger partial charge >= 0.3 is 0 Å². The Kier molecular flexibility index (Phi) is 3.74. The lowest BCUT2D eigenvalue weighted by molar-refractivity contribution is 0.0554. The Morgan fingerprint density at radius 2 is 1.96 bits per heavy atom. The number of likely N-dealkylation sites (N-methyl/N-ethyl adjacent to an activating group) is 1. The Morgan fingerprint density at radius 3 is 2.70 bits per heavy atom. The number of amides is 1. The minimum atomic E-state index is 0.188. The summed E-state index contributed by atoms with van der Waals surface area (Å²) in [5, 5.41) is 3.94. The molecule has 120 valence electrons. The zero-order chi connectivity index (χ0) is 15.9. The number of carbonyl (C=O) groups is 1. The van der Waals surface area contributed by atoms with Crippen molar-refractivity contribution in [3.63, 3.8) is 0 Å². The number of hydrogen-bond acceptors (Lipinski definition) is 3. The van der Waals surface area contributed by atoms with E-state index in [9.17, 15) is 4.79 Å². The molecule has 1 aromatic heterocycles. The molecule has 2 fully saturated rings. The summed E-state index contributed by atoms with van der Waals surface area (Å²) in [6.07, 6.45) is 2.25. The van der Waals surface area contributed by atoms with E-state index in [0.717, 1.165) is 31.6 Å². The van der Waals surface area contributed by atoms with Crippen molar-refractivity contribution in [1.82, 2.24) is 9.80 Å². The molecular formula is C19H22N2OS. The van der Waals surface area contributed by atoms with E-state index in [1.165, 1.54) is 12.0 Å². The first-order chi connectivity index (χ1) is 11.2. The van der Waals surface area contributed by atoms with Crippen molar-refractivity contribution in [2.45, 2.75) is 24.3 Å². The molecule has 0 N–H and O–H groups in total. The van der Waals surface area contributed by atoms with Crippen molar-refractivity contribution >= 4 is 17.2 Å². The van der Waals surface area contributed by atoms with E-state index in [1.807, 2.05) is 16.8 Å². The van der Waals surface area contributed by atoms with Crippen LogP contribution in [-0.2, 0) is 5.41 Å². The van der Waals surface area contributed by atoms with Crippen LogP contribution in [0, 0.1) is 0 Å². The minimum Gasteiger partial charge on any atom is -0.337 e. The predicted molar refractivity (Wildman–Crippen MR) is 94.0 cm³/mol. The molecule has 4 heteroatoms. The Labute approximate surface area is 141 Å². The Morgan fingerprint density at radius 1 is 1.17 bits per heavy atom. The van der Waals surface area contributed by atoms with Gasteiger partial charge in [0.1, 0.15) is 0 Å². The van der Waals surface area contributed by atoms with Crippen molar-refractivity contribution in [2.24, 2.45) is 0 Å². The van der Waals surface area contributed by atoms with Crippen LogP contribution in [0.1, 0.15) is 28.8 Å². The number of fused-ring (bicyclic) bond motifs is 1. The van der Waals surface area contributed by atoms with Crippen molar-refractivity contribution in [3.05, 3.63) is 58.3 Å². The molecule has 23 heavy (non-hydrogen) atoms. The third kappa shape index (κ3) is 2.41. The fraction of sp³-hybridized carbons (Fsp3) is 0.421. The van der Waals surface area contributed by atoms with Gasteiger partial charge in [0.2, 0.25) is 0 Å². The highest BCUT2D eigenvalue weighted by Gasteiger charge is 2.50. The van der Waals surface area contributed by atoms with Gasteiger partial charge in [-0.15, -0.1) is 0 Å². The molecule has 2 atom stereocenters. The van der Waals surface area contributed by atoms with Crippen LogP contribution in [-0.4, -0.2) is 48.4 Å². The third-order valence-corrected chi connectivity index (χ3v) is 6.39. The summed E-state index contributed by atoms with van der Waals surface area (Å²) in [7, 11) is 2.20. The molecule has 1 aromatic carbocycles. The highest BCUT2D eigenvalue weighted by Crippen LogP contribution is 2.45. The van der Waals surface area contributed by atoms with Crippen LogP contribution in [0.2, 0.25) is 0 Å². The van der Waals surface area contributed by atoms with Gasteiger partial charge in [-0.3, -0.25) is 4.79 Å². The molecule has 2 aliphatic rings. The minimum absolute atomic E-state index is 0.188. The summed E-state index contributed by atoms with van der Waals surface area (Å²) in [5.74, 6) is 0.188. The smallest absolute Gasteiger partial charge is 0.254 e.